The highest BCUT2D eigenvalue weighted by molar-refractivity contribution is 7.15. The molecule has 7 nitrogen and oxygen atoms in total. The lowest BCUT2D eigenvalue weighted by Crippen LogP contribution is -2.47. The highest BCUT2D eigenvalue weighted by atomic mass is 32.1. The van der Waals surface area contributed by atoms with E-state index in [2.05, 4.69) is 29.4 Å². The van der Waals surface area contributed by atoms with Gasteiger partial charge >= 0.3 is 6.03 Å². The first-order valence-corrected chi connectivity index (χ1v) is 9.34. The van der Waals surface area contributed by atoms with Crippen molar-refractivity contribution in [1.82, 2.24) is 20.0 Å². The molecule has 8 heteroatoms. The van der Waals surface area contributed by atoms with Crippen LogP contribution in [0.1, 0.15) is 50.5 Å². The zero-order valence-corrected chi connectivity index (χ0v) is 15.7. The van der Waals surface area contributed by atoms with Crippen LogP contribution < -0.4 is 5.32 Å². The predicted octanol–water partition coefficient (Wildman–Crippen LogP) is 2.77. The van der Waals surface area contributed by atoms with Crippen molar-refractivity contribution in [2.24, 2.45) is 5.92 Å². The van der Waals surface area contributed by atoms with E-state index in [9.17, 15) is 9.59 Å². The fraction of sp³-hybridized carbons (Fsp3) is 0.750. The SMILES string of the molecule is CCC[C@@H](C)c1nnc(NC(=O)[C@@H]2CCCN(C(=O)N(C)C)C2)s1. The molecule has 1 aromatic heterocycles. The zero-order valence-electron chi connectivity index (χ0n) is 14.9. The summed E-state index contributed by atoms with van der Waals surface area (Å²) in [7, 11) is 3.46. The third-order valence-electron chi connectivity index (χ3n) is 4.26. The molecule has 2 rings (SSSR count). The molecule has 0 bridgehead atoms. The second kappa shape index (κ2) is 8.41. The van der Waals surface area contributed by atoms with E-state index in [1.165, 1.54) is 11.3 Å². The van der Waals surface area contributed by atoms with E-state index < -0.39 is 0 Å². The molecule has 1 aliphatic heterocycles. The number of amides is 3. The Balaban J connectivity index is 1.93. The van der Waals surface area contributed by atoms with Gasteiger partial charge in [0.05, 0.1) is 5.92 Å². The third-order valence-corrected chi connectivity index (χ3v) is 5.33. The van der Waals surface area contributed by atoms with E-state index >= 15 is 0 Å². The zero-order chi connectivity index (χ0) is 17.7. The maximum absolute atomic E-state index is 12.5. The predicted molar refractivity (Wildman–Crippen MR) is 95.2 cm³/mol. The molecule has 0 spiro atoms. The summed E-state index contributed by atoms with van der Waals surface area (Å²) in [6.07, 6.45) is 3.79. The number of likely N-dealkylation sites (tertiary alicyclic amines) is 1. The molecule has 1 N–H and O–H groups in total. The van der Waals surface area contributed by atoms with Gasteiger partial charge in [0.25, 0.3) is 0 Å². The summed E-state index contributed by atoms with van der Waals surface area (Å²) in [5.74, 6) is 0.0983. The van der Waals surface area contributed by atoms with Gasteiger partial charge in [0.15, 0.2) is 0 Å². The van der Waals surface area contributed by atoms with Gasteiger partial charge in [-0.3, -0.25) is 4.79 Å². The van der Waals surface area contributed by atoms with Gasteiger partial charge in [0.2, 0.25) is 11.0 Å². The van der Waals surface area contributed by atoms with Gasteiger partial charge in [0, 0.05) is 33.1 Å². The van der Waals surface area contributed by atoms with Gasteiger partial charge < -0.3 is 15.1 Å². The van der Waals surface area contributed by atoms with E-state index in [0.29, 0.717) is 24.1 Å². The average Bonchev–Trinajstić information content (AvgIpc) is 3.03. The van der Waals surface area contributed by atoms with Crippen molar-refractivity contribution in [2.45, 2.75) is 45.4 Å². The molecule has 1 fully saturated rings. The van der Waals surface area contributed by atoms with E-state index in [1.54, 1.807) is 23.9 Å². The van der Waals surface area contributed by atoms with Crippen LogP contribution in [-0.4, -0.2) is 59.1 Å². The van der Waals surface area contributed by atoms with Gasteiger partial charge in [0.1, 0.15) is 5.01 Å². The number of nitrogens with zero attached hydrogens (tertiary/aromatic N) is 4. The van der Waals surface area contributed by atoms with Crippen LogP contribution in [0.4, 0.5) is 9.93 Å². The number of carbonyl (C=O) groups is 2. The first kappa shape index (κ1) is 18.6. The summed E-state index contributed by atoms with van der Waals surface area (Å²) in [6.45, 7) is 5.44. The minimum atomic E-state index is -0.192. The molecule has 0 aliphatic carbocycles. The molecular weight excluding hydrogens is 326 g/mol. The van der Waals surface area contributed by atoms with Crippen LogP contribution >= 0.6 is 11.3 Å². The number of carbonyl (C=O) groups excluding carboxylic acids is 2. The Kier molecular flexibility index (Phi) is 6.53. The Morgan fingerprint density at radius 2 is 2.17 bits per heavy atom. The second-order valence-electron chi connectivity index (χ2n) is 6.59. The first-order valence-electron chi connectivity index (χ1n) is 8.52. The van der Waals surface area contributed by atoms with E-state index in [1.807, 2.05) is 0 Å². The number of aromatic nitrogens is 2. The first-order chi connectivity index (χ1) is 11.4. The molecule has 1 aromatic rings. The van der Waals surface area contributed by atoms with Crippen LogP contribution in [0.2, 0.25) is 0 Å². The van der Waals surface area contributed by atoms with Gasteiger partial charge in [-0.15, -0.1) is 10.2 Å². The van der Waals surface area contributed by atoms with Gasteiger partial charge in [-0.25, -0.2) is 4.79 Å². The highest BCUT2D eigenvalue weighted by Gasteiger charge is 2.29. The molecule has 1 saturated heterocycles. The van der Waals surface area contributed by atoms with Gasteiger partial charge in [-0.05, 0) is 19.3 Å². The molecular formula is C16H27N5O2S. The van der Waals surface area contributed by atoms with Crippen molar-refractivity contribution in [3.63, 3.8) is 0 Å². The van der Waals surface area contributed by atoms with Crippen molar-refractivity contribution in [3.05, 3.63) is 5.01 Å². The number of anilines is 1. The maximum Gasteiger partial charge on any atom is 0.319 e. The highest BCUT2D eigenvalue weighted by Crippen LogP contribution is 2.27. The molecule has 134 valence electrons. The molecule has 0 saturated carbocycles. The number of hydrogen-bond acceptors (Lipinski definition) is 5. The van der Waals surface area contributed by atoms with Crippen LogP contribution in [0, 0.1) is 5.92 Å². The smallest absolute Gasteiger partial charge is 0.319 e. The van der Waals surface area contributed by atoms with Crippen molar-refractivity contribution in [1.29, 1.82) is 0 Å². The summed E-state index contributed by atoms with van der Waals surface area (Å²) < 4.78 is 0. The topological polar surface area (TPSA) is 78.4 Å². The Hall–Kier alpha value is -1.70. The molecule has 2 heterocycles. The average molecular weight is 353 g/mol. The normalized spacial score (nSPS) is 19.0. The molecule has 0 aromatic carbocycles. The fourth-order valence-corrected chi connectivity index (χ4v) is 3.73. The molecule has 1 aliphatic rings. The van der Waals surface area contributed by atoms with E-state index in [-0.39, 0.29) is 17.9 Å². The van der Waals surface area contributed by atoms with Crippen molar-refractivity contribution in [3.8, 4) is 0 Å². The lowest BCUT2D eigenvalue weighted by Gasteiger charge is -2.33. The summed E-state index contributed by atoms with van der Waals surface area (Å²) in [6, 6.07) is -0.0425. The lowest BCUT2D eigenvalue weighted by atomic mass is 9.97. The van der Waals surface area contributed by atoms with Crippen molar-refractivity contribution < 1.29 is 9.59 Å². The number of nitrogens with one attached hydrogen (secondary N) is 1. The van der Waals surface area contributed by atoms with Crippen LogP contribution in [-0.2, 0) is 4.79 Å². The fourth-order valence-electron chi connectivity index (χ4n) is 2.90. The second-order valence-corrected chi connectivity index (χ2v) is 7.60. The quantitative estimate of drug-likeness (QED) is 0.883. The van der Waals surface area contributed by atoms with Crippen LogP contribution in [0.15, 0.2) is 0 Å². The van der Waals surface area contributed by atoms with Gasteiger partial charge in [-0.2, -0.15) is 0 Å². The van der Waals surface area contributed by atoms with Crippen LogP contribution in [0.25, 0.3) is 0 Å². The van der Waals surface area contributed by atoms with E-state index in [0.717, 1.165) is 30.7 Å². The van der Waals surface area contributed by atoms with E-state index in [4.69, 9.17) is 0 Å². The Morgan fingerprint density at radius 3 is 2.83 bits per heavy atom. The molecule has 0 unspecified atom stereocenters. The maximum atomic E-state index is 12.5. The molecule has 0 radical (unpaired) electrons. The standard InChI is InChI=1S/C16H27N5O2S/c1-5-7-11(2)14-18-19-15(24-14)17-13(22)12-8-6-9-21(10-12)16(23)20(3)4/h11-12H,5-10H2,1-4H3,(H,17,19,22)/t11-,12-/m1/s1. The van der Waals surface area contributed by atoms with Crippen molar-refractivity contribution in [2.75, 3.05) is 32.5 Å². The largest absolute Gasteiger partial charge is 0.331 e. The minimum absolute atomic E-state index is 0.0425. The summed E-state index contributed by atoms with van der Waals surface area (Å²) in [4.78, 5) is 27.8. The number of hydrogen-bond donors (Lipinski definition) is 1. The number of piperidine rings is 1. The molecule has 3 amide bonds. The molecule has 24 heavy (non-hydrogen) atoms. The lowest BCUT2D eigenvalue weighted by molar-refractivity contribution is -0.121. The Morgan fingerprint density at radius 1 is 1.42 bits per heavy atom. The third kappa shape index (κ3) is 4.66. The van der Waals surface area contributed by atoms with Crippen LogP contribution in [0.5, 0.6) is 0 Å². The monoisotopic (exact) mass is 353 g/mol. The Bertz CT molecular complexity index is 575. The van der Waals surface area contributed by atoms with Crippen LogP contribution in [0.3, 0.4) is 0 Å². The van der Waals surface area contributed by atoms with Crippen molar-refractivity contribution >= 4 is 28.4 Å². The Labute approximate surface area is 147 Å². The number of rotatable bonds is 5. The minimum Gasteiger partial charge on any atom is -0.331 e. The molecule has 2 atom stereocenters. The summed E-state index contributed by atoms with van der Waals surface area (Å²) in [5.41, 5.74) is 0. The van der Waals surface area contributed by atoms with Gasteiger partial charge in [-0.1, -0.05) is 31.6 Å². The number of urea groups is 1. The summed E-state index contributed by atoms with van der Waals surface area (Å²) in [5, 5.41) is 12.6. The summed E-state index contributed by atoms with van der Waals surface area (Å²) >= 11 is 1.44.